The highest BCUT2D eigenvalue weighted by Gasteiger charge is 2.47. The fourth-order valence-corrected chi connectivity index (χ4v) is 2.59. The van der Waals surface area contributed by atoms with Crippen molar-refractivity contribution in [3.05, 3.63) is 35.4 Å². The zero-order chi connectivity index (χ0) is 15.8. The van der Waals surface area contributed by atoms with Gasteiger partial charge in [0.1, 0.15) is 11.6 Å². The summed E-state index contributed by atoms with van der Waals surface area (Å²) in [7, 11) is 0. The van der Waals surface area contributed by atoms with Crippen LogP contribution < -0.4 is 5.32 Å². The molecule has 0 radical (unpaired) electrons. The molecular formula is C16H18F2N2O. The van der Waals surface area contributed by atoms with Crippen LogP contribution in [0.1, 0.15) is 26.3 Å². The number of terminal acetylenes is 1. The molecule has 1 N–H and O–H groups in total. The van der Waals surface area contributed by atoms with Gasteiger partial charge in [-0.25, -0.2) is 8.78 Å². The van der Waals surface area contributed by atoms with Crippen LogP contribution in [0.4, 0.5) is 8.78 Å². The summed E-state index contributed by atoms with van der Waals surface area (Å²) in [5.74, 6) is 0.901. The summed E-state index contributed by atoms with van der Waals surface area (Å²) >= 11 is 0. The highest BCUT2D eigenvalue weighted by Crippen LogP contribution is 2.34. The Balaban J connectivity index is 2.52. The quantitative estimate of drug-likeness (QED) is 0.846. The minimum Gasteiger partial charge on any atom is -0.319 e. The maximum Gasteiger partial charge on any atom is 0.243 e. The number of benzene rings is 1. The fraction of sp³-hybridized carbons (Fsp3) is 0.438. The lowest BCUT2D eigenvalue weighted by Crippen LogP contribution is -2.68. The van der Waals surface area contributed by atoms with Gasteiger partial charge < -0.3 is 10.2 Å². The molecule has 0 spiro atoms. The number of halogens is 2. The zero-order valence-electron chi connectivity index (χ0n) is 12.3. The molecule has 0 bridgehead atoms. The second-order valence-corrected chi connectivity index (χ2v) is 6.01. The van der Waals surface area contributed by atoms with Crippen molar-refractivity contribution in [3.63, 3.8) is 0 Å². The smallest absolute Gasteiger partial charge is 0.243 e. The van der Waals surface area contributed by atoms with Crippen LogP contribution in [-0.2, 0) is 10.3 Å². The SMILES string of the molecule is C#CCN1C(=O)C(C)(C)NC[C@@]1(C)c1cc(F)cc(F)c1. The van der Waals surface area contributed by atoms with E-state index in [-0.39, 0.29) is 12.5 Å². The molecule has 1 saturated heterocycles. The molecule has 0 saturated carbocycles. The first kappa shape index (κ1) is 15.5. The lowest BCUT2D eigenvalue weighted by atomic mass is 9.83. The summed E-state index contributed by atoms with van der Waals surface area (Å²) in [6.45, 7) is 5.70. The molecule has 112 valence electrons. The van der Waals surface area contributed by atoms with Crippen LogP contribution in [-0.4, -0.2) is 29.4 Å². The Hall–Kier alpha value is -1.93. The van der Waals surface area contributed by atoms with Gasteiger partial charge in [0, 0.05) is 12.6 Å². The van der Waals surface area contributed by atoms with Crippen LogP contribution in [0, 0.1) is 24.0 Å². The molecule has 1 atom stereocenters. The number of carbonyl (C=O) groups is 1. The first-order valence-corrected chi connectivity index (χ1v) is 6.68. The van der Waals surface area contributed by atoms with Crippen molar-refractivity contribution in [1.82, 2.24) is 10.2 Å². The Morgan fingerprint density at radius 2 is 1.86 bits per heavy atom. The Morgan fingerprint density at radius 1 is 1.29 bits per heavy atom. The molecule has 2 rings (SSSR count). The summed E-state index contributed by atoms with van der Waals surface area (Å²) in [5, 5.41) is 3.12. The highest BCUT2D eigenvalue weighted by atomic mass is 19.1. The van der Waals surface area contributed by atoms with Crippen molar-refractivity contribution < 1.29 is 13.6 Å². The molecule has 1 aliphatic heterocycles. The van der Waals surface area contributed by atoms with Crippen molar-refractivity contribution in [1.29, 1.82) is 0 Å². The number of piperazine rings is 1. The lowest BCUT2D eigenvalue weighted by Gasteiger charge is -2.50. The summed E-state index contributed by atoms with van der Waals surface area (Å²) in [4.78, 5) is 14.1. The molecule has 5 heteroatoms. The van der Waals surface area contributed by atoms with E-state index in [9.17, 15) is 13.6 Å². The molecule has 1 fully saturated rings. The van der Waals surface area contributed by atoms with Crippen molar-refractivity contribution in [2.45, 2.75) is 31.8 Å². The predicted molar refractivity (Wildman–Crippen MR) is 76.3 cm³/mol. The van der Waals surface area contributed by atoms with Crippen molar-refractivity contribution in [2.24, 2.45) is 0 Å². The number of nitrogens with zero attached hydrogens (tertiary/aromatic N) is 1. The second kappa shape index (κ2) is 5.12. The number of rotatable bonds is 2. The largest absolute Gasteiger partial charge is 0.319 e. The van der Waals surface area contributed by atoms with Crippen LogP contribution in [0.3, 0.4) is 0 Å². The minimum atomic E-state index is -0.901. The Kier molecular flexibility index (Phi) is 3.77. The van der Waals surface area contributed by atoms with E-state index in [2.05, 4.69) is 11.2 Å². The number of nitrogens with one attached hydrogen (secondary N) is 1. The molecule has 1 amide bonds. The molecule has 21 heavy (non-hydrogen) atoms. The third-order valence-electron chi connectivity index (χ3n) is 3.98. The Bertz CT molecular complexity index is 601. The van der Waals surface area contributed by atoms with Gasteiger partial charge in [-0.15, -0.1) is 6.42 Å². The average Bonchev–Trinajstić information content (AvgIpc) is 2.39. The molecule has 1 heterocycles. The maximum atomic E-state index is 13.5. The monoisotopic (exact) mass is 292 g/mol. The van der Waals surface area contributed by atoms with Gasteiger partial charge >= 0.3 is 0 Å². The van der Waals surface area contributed by atoms with Crippen LogP contribution in [0.2, 0.25) is 0 Å². The standard InChI is InChI=1S/C16H18F2N2O/c1-5-6-20-14(21)15(2,3)19-10-16(20,4)11-7-12(17)9-13(18)8-11/h1,7-9,19H,6,10H2,2-4H3/t16-/m0/s1. The van der Waals surface area contributed by atoms with Crippen LogP contribution >= 0.6 is 0 Å². The van der Waals surface area contributed by atoms with Gasteiger partial charge in [0.2, 0.25) is 5.91 Å². The van der Waals surface area contributed by atoms with Crippen LogP contribution in [0.25, 0.3) is 0 Å². The summed E-state index contributed by atoms with van der Waals surface area (Å²) in [6.07, 6.45) is 5.36. The number of carbonyl (C=O) groups excluding carboxylic acids is 1. The van der Waals surface area contributed by atoms with E-state index in [1.54, 1.807) is 20.8 Å². The maximum absolute atomic E-state index is 13.5. The molecule has 0 aliphatic carbocycles. The van der Waals surface area contributed by atoms with Crippen molar-refractivity contribution in [3.8, 4) is 12.3 Å². The van der Waals surface area contributed by atoms with Gasteiger partial charge in [0.05, 0.1) is 17.6 Å². The molecule has 1 aliphatic rings. The van der Waals surface area contributed by atoms with Gasteiger partial charge in [0.25, 0.3) is 0 Å². The second-order valence-electron chi connectivity index (χ2n) is 6.01. The lowest BCUT2D eigenvalue weighted by molar-refractivity contribution is -0.148. The van der Waals surface area contributed by atoms with E-state index < -0.39 is 22.7 Å². The first-order chi connectivity index (χ1) is 9.70. The van der Waals surface area contributed by atoms with Gasteiger partial charge in [-0.3, -0.25) is 4.79 Å². The van der Waals surface area contributed by atoms with E-state index >= 15 is 0 Å². The third kappa shape index (κ3) is 2.64. The zero-order valence-corrected chi connectivity index (χ0v) is 12.3. The van der Waals surface area contributed by atoms with E-state index in [4.69, 9.17) is 6.42 Å². The molecular weight excluding hydrogens is 274 g/mol. The van der Waals surface area contributed by atoms with E-state index in [0.29, 0.717) is 12.1 Å². The molecule has 1 aromatic rings. The highest BCUT2D eigenvalue weighted by molar-refractivity contribution is 5.87. The van der Waals surface area contributed by atoms with Crippen LogP contribution in [0.5, 0.6) is 0 Å². The minimum absolute atomic E-state index is 0.0819. The fourth-order valence-electron chi connectivity index (χ4n) is 2.59. The van der Waals surface area contributed by atoms with E-state index in [1.807, 2.05) is 0 Å². The van der Waals surface area contributed by atoms with Gasteiger partial charge in [-0.2, -0.15) is 0 Å². The number of hydrogen-bond donors (Lipinski definition) is 1. The molecule has 0 aromatic heterocycles. The van der Waals surface area contributed by atoms with Gasteiger partial charge in [-0.1, -0.05) is 5.92 Å². The Labute approximate surface area is 123 Å². The average molecular weight is 292 g/mol. The first-order valence-electron chi connectivity index (χ1n) is 6.68. The summed E-state index contributed by atoms with van der Waals surface area (Å²) < 4.78 is 27.0. The predicted octanol–water partition coefficient (Wildman–Crippen LogP) is 2.02. The number of amides is 1. The van der Waals surface area contributed by atoms with Gasteiger partial charge in [0.15, 0.2) is 0 Å². The van der Waals surface area contributed by atoms with Crippen LogP contribution in [0.15, 0.2) is 18.2 Å². The van der Waals surface area contributed by atoms with E-state index in [1.165, 1.54) is 17.0 Å². The number of hydrogen-bond acceptors (Lipinski definition) is 2. The summed E-state index contributed by atoms with van der Waals surface area (Å²) in [6, 6.07) is 3.28. The van der Waals surface area contributed by atoms with Gasteiger partial charge in [-0.05, 0) is 38.5 Å². The normalized spacial score (nSPS) is 24.8. The topological polar surface area (TPSA) is 32.3 Å². The molecule has 3 nitrogen and oxygen atoms in total. The van der Waals surface area contributed by atoms with Crippen molar-refractivity contribution >= 4 is 5.91 Å². The van der Waals surface area contributed by atoms with E-state index in [0.717, 1.165) is 6.07 Å². The molecule has 1 aromatic carbocycles. The Morgan fingerprint density at radius 3 is 2.38 bits per heavy atom. The molecule has 0 unspecified atom stereocenters. The summed E-state index contributed by atoms with van der Waals surface area (Å²) in [5.41, 5.74) is -1.28. The van der Waals surface area contributed by atoms with Crippen molar-refractivity contribution in [2.75, 3.05) is 13.1 Å². The third-order valence-corrected chi connectivity index (χ3v) is 3.98.